The van der Waals surface area contributed by atoms with Crippen LogP contribution < -0.4 is 5.32 Å². The third kappa shape index (κ3) is 4.26. The monoisotopic (exact) mass is 439 g/mol. The Labute approximate surface area is 182 Å². The largest absolute Gasteiger partial charge is 0.325 e. The summed E-state index contributed by atoms with van der Waals surface area (Å²) in [4.78, 5) is 26.6. The highest BCUT2D eigenvalue weighted by Crippen LogP contribution is 2.31. The molecule has 1 saturated heterocycles. The van der Waals surface area contributed by atoms with Gasteiger partial charge in [0.15, 0.2) is 0 Å². The fourth-order valence-corrected chi connectivity index (χ4v) is 5.50. The van der Waals surface area contributed by atoms with Gasteiger partial charge in [0.1, 0.15) is 6.54 Å². The smallest absolute Gasteiger partial charge is 0.259 e. The number of benzene rings is 2. The molecule has 0 aliphatic carbocycles. The SMILES string of the molecule is C=C1c2ccccc2C(=O)N1CC(=O)Nc1ccc(S(=O)(=O)N2CCCCCC2)cc1. The Morgan fingerprint density at radius 2 is 1.55 bits per heavy atom. The molecule has 0 atom stereocenters. The van der Waals surface area contributed by atoms with Crippen LogP contribution in [0.1, 0.15) is 41.6 Å². The zero-order chi connectivity index (χ0) is 22.0. The summed E-state index contributed by atoms with van der Waals surface area (Å²) in [5, 5.41) is 2.72. The standard InChI is InChI=1S/C23H25N3O4S/c1-17-20-8-4-5-9-21(20)23(28)26(17)16-22(27)24-18-10-12-19(13-11-18)31(29,30)25-14-6-2-3-7-15-25/h4-5,8-13H,1-3,6-7,14-16H2,(H,24,27). The minimum absolute atomic E-state index is 0.166. The molecule has 0 unspecified atom stereocenters. The van der Waals surface area contributed by atoms with E-state index in [2.05, 4.69) is 11.9 Å². The van der Waals surface area contributed by atoms with Gasteiger partial charge in [-0.25, -0.2) is 8.42 Å². The van der Waals surface area contributed by atoms with Gasteiger partial charge in [-0.2, -0.15) is 4.31 Å². The number of nitrogens with one attached hydrogen (secondary N) is 1. The van der Waals surface area contributed by atoms with Gasteiger partial charge in [0.2, 0.25) is 15.9 Å². The molecule has 7 nitrogen and oxygen atoms in total. The first kappa shape index (κ1) is 21.3. The van der Waals surface area contributed by atoms with Gasteiger partial charge in [0.25, 0.3) is 5.91 Å². The summed E-state index contributed by atoms with van der Waals surface area (Å²) in [6.07, 6.45) is 3.84. The van der Waals surface area contributed by atoms with Crippen LogP contribution in [0.15, 0.2) is 60.0 Å². The Kier molecular flexibility index (Phi) is 5.93. The molecule has 0 bridgehead atoms. The molecule has 1 fully saturated rings. The maximum absolute atomic E-state index is 12.9. The van der Waals surface area contributed by atoms with Crippen LogP contribution in [0.4, 0.5) is 5.69 Å². The van der Waals surface area contributed by atoms with E-state index in [1.807, 2.05) is 6.07 Å². The Morgan fingerprint density at radius 1 is 0.935 bits per heavy atom. The van der Waals surface area contributed by atoms with Gasteiger partial charge in [-0.1, -0.05) is 37.6 Å². The number of carbonyl (C=O) groups excluding carboxylic acids is 2. The fourth-order valence-electron chi connectivity index (χ4n) is 3.99. The second kappa shape index (κ2) is 8.64. The van der Waals surface area contributed by atoms with E-state index in [0.717, 1.165) is 31.2 Å². The number of rotatable bonds is 5. The van der Waals surface area contributed by atoms with Crippen molar-refractivity contribution in [3.05, 3.63) is 66.2 Å². The first-order valence-corrected chi connectivity index (χ1v) is 11.8. The minimum Gasteiger partial charge on any atom is -0.325 e. The molecule has 2 aromatic carbocycles. The first-order chi connectivity index (χ1) is 14.9. The molecular formula is C23H25N3O4S. The lowest BCUT2D eigenvalue weighted by molar-refractivity contribution is -0.116. The van der Waals surface area contributed by atoms with Crippen molar-refractivity contribution in [2.75, 3.05) is 25.0 Å². The zero-order valence-electron chi connectivity index (χ0n) is 17.2. The minimum atomic E-state index is -3.54. The fraction of sp³-hybridized carbons (Fsp3) is 0.304. The molecule has 0 saturated carbocycles. The van der Waals surface area contributed by atoms with Crippen molar-refractivity contribution in [1.29, 1.82) is 0 Å². The molecule has 8 heteroatoms. The van der Waals surface area contributed by atoms with E-state index in [4.69, 9.17) is 0 Å². The normalized spacial score (nSPS) is 17.4. The van der Waals surface area contributed by atoms with Crippen LogP contribution in [-0.2, 0) is 14.8 Å². The summed E-state index contributed by atoms with van der Waals surface area (Å²) < 4.78 is 27.3. The molecule has 2 aliphatic heterocycles. The summed E-state index contributed by atoms with van der Waals surface area (Å²) in [5.74, 6) is -0.639. The average Bonchev–Trinajstić information content (AvgIpc) is 2.96. The third-order valence-corrected chi connectivity index (χ3v) is 7.59. The molecule has 0 spiro atoms. The molecule has 2 aromatic rings. The van der Waals surface area contributed by atoms with Gasteiger partial charge in [-0.15, -0.1) is 0 Å². The number of nitrogens with zero attached hydrogens (tertiary/aromatic N) is 2. The van der Waals surface area contributed by atoms with E-state index in [-0.39, 0.29) is 23.3 Å². The Balaban J connectivity index is 1.41. The van der Waals surface area contributed by atoms with Gasteiger partial charge in [0.05, 0.1) is 4.90 Å². The lowest BCUT2D eigenvalue weighted by atomic mass is 10.1. The Bertz CT molecular complexity index is 1080. The molecule has 4 rings (SSSR count). The summed E-state index contributed by atoms with van der Waals surface area (Å²) in [5.41, 5.74) is 2.22. The number of amides is 2. The number of fused-ring (bicyclic) bond motifs is 1. The van der Waals surface area contributed by atoms with E-state index < -0.39 is 10.0 Å². The second-order valence-corrected chi connectivity index (χ2v) is 9.71. The molecule has 162 valence electrons. The van der Waals surface area contributed by atoms with Crippen molar-refractivity contribution < 1.29 is 18.0 Å². The number of hydrogen-bond donors (Lipinski definition) is 1. The van der Waals surface area contributed by atoms with E-state index in [1.54, 1.807) is 30.3 Å². The quantitative estimate of drug-likeness (QED) is 0.774. The Hall–Kier alpha value is -2.97. The highest BCUT2D eigenvalue weighted by Gasteiger charge is 2.32. The second-order valence-electron chi connectivity index (χ2n) is 7.77. The van der Waals surface area contributed by atoms with E-state index in [1.165, 1.54) is 21.3 Å². The number of hydrogen-bond acceptors (Lipinski definition) is 4. The highest BCUT2D eigenvalue weighted by molar-refractivity contribution is 7.89. The first-order valence-electron chi connectivity index (χ1n) is 10.4. The van der Waals surface area contributed by atoms with Crippen molar-refractivity contribution in [3.63, 3.8) is 0 Å². The number of sulfonamides is 1. The van der Waals surface area contributed by atoms with Crippen molar-refractivity contribution in [3.8, 4) is 0 Å². The van der Waals surface area contributed by atoms with Crippen LogP contribution in [-0.4, -0.2) is 49.1 Å². The summed E-state index contributed by atoms with van der Waals surface area (Å²) >= 11 is 0. The molecule has 31 heavy (non-hydrogen) atoms. The molecule has 2 heterocycles. The third-order valence-electron chi connectivity index (χ3n) is 5.68. The van der Waals surface area contributed by atoms with Gasteiger partial charge < -0.3 is 5.32 Å². The van der Waals surface area contributed by atoms with Crippen molar-refractivity contribution >= 4 is 33.2 Å². The van der Waals surface area contributed by atoms with Gasteiger partial charge in [-0.3, -0.25) is 14.5 Å². The topological polar surface area (TPSA) is 86.8 Å². The number of anilines is 1. The lowest BCUT2D eigenvalue weighted by Gasteiger charge is -2.20. The molecule has 0 aromatic heterocycles. The molecule has 1 N–H and O–H groups in total. The average molecular weight is 440 g/mol. The lowest BCUT2D eigenvalue weighted by Crippen LogP contribution is -2.33. The van der Waals surface area contributed by atoms with Crippen molar-refractivity contribution in [1.82, 2.24) is 9.21 Å². The van der Waals surface area contributed by atoms with Crippen molar-refractivity contribution in [2.45, 2.75) is 30.6 Å². The van der Waals surface area contributed by atoms with Gasteiger partial charge in [0, 0.05) is 35.6 Å². The van der Waals surface area contributed by atoms with Gasteiger partial charge >= 0.3 is 0 Å². The van der Waals surface area contributed by atoms with E-state index in [9.17, 15) is 18.0 Å². The maximum Gasteiger partial charge on any atom is 0.259 e. The predicted molar refractivity (Wildman–Crippen MR) is 119 cm³/mol. The number of carbonyl (C=O) groups is 2. The molecule has 0 radical (unpaired) electrons. The van der Waals surface area contributed by atoms with Gasteiger partial charge in [-0.05, 0) is 43.2 Å². The van der Waals surface area contributed by atoms with Crippen LogP contribution in [0.3, 0.4) is 0 Å². The summed E-state index contributed by atoms with van der Waals surface area (Å²) in [6.45, 7) is 4.84. The van der Waals surface area contributed by atoms with Crippen LogP contribution in [0, 0.1) is 0 Å². The van der Waals surface area contributed by atoms with Crippen molar-refractivity contribution in [2.24, 2.45) is 0 Å². The highest BCUT2D eigenvalue weighted by atomic mass is 32.2. The summed E-state index contributed by atoms with van der Waals surface area (Å²) in [7, 11) is -3.54. The van der Waals surface area contributed by atoms with Crippen LogP contribution in [0.5, 0.6) is 0 Å². The van der Waals surface area contributed by atoms with Crippen LogP contribution in [0.2, 0.25) is 0 Å². The maximum atomic E-state index is 12.9. The molecule has 2 amide bonds. The van der Waals surface area contributed by atoms with Crippen LogP contribution in [0.25, 0.3) is 5.70 Å². The molecule has 2 aliphatic rings. The predicted octanol–water partition coefficient (Wildman–Crippen LogP) is 3.32. The van der Waals surface area contributed by atoms with E-state index >= 15 is 0 Å². The van der Waals surface area contributed by atoms with Crippen LogP contribution >= 0.6 is 0 Å². The zero-order valence-corrected chi connectivity index (χ0v) is 18.0. The summed E-state index contributed by atoms with van der Waals surface area (Å²) in [6, 6.07) is 13.3. The molecular weight excluding hydrogens is 414 g/mol. The van der Waals surface area contributed by atoms with E-state index in [0.29, 0.717) is 30.0 Å². The Morgan fingerprint density at radius 3 is 2.16 bits per heavy atom.